The maximum atomic E-state index is 11.9. The first-order chi connectivity index (χ1) is 7.88. The van der Waals surface area contributed by atoms with Crippen molar-refractivity contribution in [2.75, 3.05) is 13.1 Å². The van der Waals surface area contributed by atoms with Gasteiger partial charge in [-0.15, -0.1) is 0 Å². The van der Waals surface area contributed by atoms with Crippen molar-refractivity contribution >= 4 is 5.91 Å². The molecule has 96 valence electrons. The summed E-state index contributed by atoms with van der Waals surface area (Å²) < 4.78 is 1.87. The van der Waals surface area contributed by atoms with Crippen molar-refractivity contribution in [2.24, 2.45) is 5.73 Å². The molecule has 0 aliphatic heterocycles. The fourth-order valence-electron chi connectivity index (χ4n) is 1.71. The highest BCUT2D eigenvalue weighted by atomic mass is 16.1. The fraction of sp³-hybridized carbons (Fsp3) is 0.667. The first kappa shape index (κ1) is 13.7. The molecule has 0 aliphatic carbocycles. The standard InChI is InChI=1S/C12H22N4O/c1-9-10(11(17)14-7-5-6-13)8-15-16(9)12(2,3)4/h8H,5-7,13H2,1-4H3,(H,14,17). The van der Waals surface area contributed by atoms with Gasteiger partial charge in [-0.3, -0.25) is 9.48 Å². The van der Waals surface area contributed by atoms with E-state index in [9.17, 15) is 4.79 Å². The number of nitrogens with two attached hydrogens (primary N) is 1. The molecule has 1 heterocycles. The van der Waals surface area contributed by atoms with E-state index in [1.54, 1.807) is 6.20 Å². The average molecular weight is 238 g/mol. The highest BCUT2D eigenvalue weighted by molar-refractivity contribution is 5.95. The van der Waals surface area contributed by atoms with Crippen LogP contribution in [-0.2, 0) is 5.54 Å². The molecule has 0 saturated carbocycles. The second kappa shape index (κ2) is 5.31. The maximum absolute atomic E-state index is 11.9. The van der Waals surface area contributed by atoms with E-state index in [-0.39, 0.29) is 11.4 Å². The van der Waals surface area contributed by atoms with E-state index >= 15 is 0 Å². The van der Waals surface area contributed by atoms with Gasteiger partial charge in [0.1, 0.15) is 0 Å². The van der Waals surface area contributed by atoms with Crippen LogP contribution in [0.2, 0.25) is 0 Å². The number of hydrogen-bond acceptors (Lipinski definition) is 3. The lowest BCUT2D eigenvalue weighted by Gasteiger charge is -2.21. The van der Waals surface area contributed by atoms with Gasteiger partial charge in [0.2, 0.25) is 0 Å². The van der Waals surface area contributed by atoms with Crippen LogP contribution >= 0.6 is 0 Å². The van der Waals surface area contributed by atoms with Crippen LogP contribution in [0.3, 0.4) is 0 Å². The van der Waals surface area contributed by atoms with Crippen LogP contribution < -0.4 is 11.1 Å². The Hall–Kier alpha value is -1.36. The molecule has 0 saturated heterocycles. The Labute approximate surface area is 102 Å². The summed E-state index contributed by atoms with van der Waals surface area (Å²) >= 11 is 0. The van der Waals surface area contributed by atoms with Crippen LogP contribution in [-0.4, -0.2) is 28.8 Å². The Morgan fingerprint density at radius 3 is 2.65 bits per heavy atom. The van der Waals surface area contributed by atoms with Gasteiger partial charge in [0.25, 0.3) is 5.91 Å². The van der Waals surface area contributed by atoms with Crippen LogP contribution in [0.15, 0.2) is 6.20 Å². The normalized spacial score (nSPS) is 11.6. The molecule has 1 rings (SSSR count). The maximum Gasteiger partial charge on any atom is 0.254 e. The molecule has 0 atom stereocenters. The summed E-state index contributed by atoms with van der Waals surface area (Å²) in [6, 6.07) is 0. The minimum absolute atomic E-state index is 0.0774. The van der Waals surface area contributed by atoms with Crippen LogP contribution in [0.1, 0.15) is 43.2 Å². The SMILES string of the molecule is Cc1c(C(=O)NCCCN)cnn1C(C)(C)C. The summed E-state index contributed by atoms with van der Waals surface area (Å²) in [5.41, 5.74) is 6.79. The zero-order chi connectivity index (χ0) is 13.1. The summed E-state index contributed by atoms with van der Waals surface area (Å²) in [6.45, 7) is 9.28. The van der Waals surface area contributed by atoms with Crippen molar-refractivity contribution in [2.45, 2.75) is 39.7 Å². The van der Waals surface area contributed by atoms with E-state index in [0.717, 1.165) is 12.1 Å². The number of aromatic nitrogens is 2. The van der Waals surface area contributed by atoms with Gasteiger partial charge in [-0.05, 0) is 40.7 Å². The van der Waals surface area contributed by atoms with Crippen molar-refractivity contribution in [1.82, 2.24) is 15.1 Å². The molecule has 3 N–H and O–H groups in total. The Balaban J connectivity index is 2.79. The number of nitrogens with one attached hydrogen (secondary N) is 1. The van der Waals surface area contributed by atoms with Crippen molar-refractivity contribution in [3.8, 4) is 0 Å². The molecule has 0 spiro atoms. The molecule has 0 unspecified atom stereocenters. The third-order valence-corrected chi connectivity index (χ3v) is 2.56. The van der Waals surface area contributed by atoms with Crippen LogP contribution in [0.4, 0.5) is 0 Å². The third kappa shape index (κ3) is 3.30. The van der Waals surface area contributed by atoms with Crippen molar-refractivity contribution in [1.29, 1.82) is 0 Å². The van der Waals surface area contributed by atoms with Crippen LogP contribution in [0.5, 0.6) is 0 Å². The van der Waals surface area contributed by atoms with Crippen LogP contribution in [0, 0.1) is 6.92 Å². The Bertz CT molecular complexity index is 390. The second-order valence-electron chi connectivity index (χ2n) is 5.12. The summed E-state index contributed by atoms with van der Waals surface area (Å²) in [4.78, 5) is 11.9. The molecule has 0 bridgehead atoms. The van der Waals surface area contributed by atoms with Gasteiger partial charge >= 0.3 is 0 Å². The van der Waals surface area contributed by atoms with Crippen molar-refractivity contribution in [3.05, 3.63) is 17.5 Å². The third-order valence-electron chi connectivity index (χ3n) is 2.56. The molecule has 1 aromatic rings. The smallest absolute Gasteiger partial charge is 0.254 e. The highest BCUT2D eigenvalue weighted by Crippen LogP contribution is 2.18. The topological polar surface area (TPSA) is 72.9 Å². The average Bonchev–Trinajstić information content (AvgIpc) is 2.59. The van der Waals surface area contributed by atoms with Crippen molar-refractivity contribution in [3.63, 3.8) is 0 Å². The predicted molar refractivity (Wildman–Crippen MR) is 68.0 cm³/mol. The molecular formula is C12H22N4O. The molecule has 1 aromatic heterocycles. The summed E-state index contributed by atoms with van der Waals surface area (Å²) in [5, 5.41) is 7.10. The van der Waals surface area contributed by atoms with Gasteiger partial charge in [-0.25, -0.2) is 0 Å². The minimum Gasteiger partial charge on any atom is -0.352 e. The van der Waals surface area contributed by atoms with Gasteiger partial charge in [0, 0.05) is 12.2 Å². The lowest BCUT2D eigenvalue weighted by Crippen LogP contribution is -2.28. The zero-order valence-electron chi connectivity index (χ0n) is 11.1. The largest absolute Gasteiger partial charge is 0.352 e. The minimum atomic E-state index is -0.111. The molecule has 0 radical (unpaired) electrons. The number of carbonyl (C=O) groups excluding carboxylic acids is 1. The Morgan fingerprint density at radius 2 is 2.18 bits per heavy atom. The van der Waals surface area contributed by atoms with Gasteiger partial charge in [0.15, 0.2) is 0 Å². The lowest BCUT2D eigenvalue weighted by atomic mass is 10.1. The molecule has 0 fully saturated rings. The van der Waals surface area contributed by atoms with E-state index in [1.165, 1.54) is 0 Å². The number of hydrogen-bond donors (Lipinski definition) is 2. The Morgan fingerprint density at radius 1 is 1.53 bits per heavy atom. The number of carbonyl (C=O) groups is 1. The van der Waals surface area contributed by atoms with Crippen molar-refractivity contribution < 1.29 is 4.79 Å². The van der Waals surface area contributed by atoms with E-state index < -0.39 is 0 Å². The molecule has 0 aliphatic rings. The quantitative estimate of drug-likeness (QED) is 0.769. The second-order valence-corrected chi connectivity index (χ2v) is 5.12. The summed E-state index contributed by atoms with van der Waals surface area (Å²) in [5.74, 6) is -0.0774. The molecule has 5 nitrogen and oxygen atoms in total. The number of amides is 1. The predicted octanol–water partition coefficient (Wildman–Crippen LogP) is 1.03. The molecular weight excluding hydrogens is 216 g/mol. The van der Waals surface area contributed by atoms with E-state index in [0.29, 0.717) is 18.7 Å². The van der Waals surface area contributed by atoms with Gasteiger partial charge in [-0.2, -0.15) is 5.10 Å². The zero-order valence-corrected chi connectivity index (χ0v) is 11.1. The lowest BCUT2D eigenvalue weighted by molar-refractivity contribution is 0.0952. The highest BCUT2D eigenvalue weighted by Gasteiger charge is 2.21. The summed E-state index contributed by atoms with van der Waals surface area (Å²) in [6.07, 6.45) is 2.41. The molecule has 0 aromatic carbocycles. The van der Waals surface area contributed by atoms with Gasteiger partial charge < -0.3 is 11.1 Å². The molecule has 17 heavy (non-hydrogen) atoms. The van der Waals surface area contributed by atoms with Gasteiger partial charge in [-0.1, -0.05) is 0 Å². The van der Waals surface area contributed by atoms with E-state index in [4.69, 9.17) is 5.73 Å². The molecule has 5 heteroatoms. The Kier molecular flexibility index (Phi) is 4.28. The fourth-order valence-corrected chi connectivity index (χ4v) is 1.71. The van der Waals surface area contributed by atoms with E-state index in [2.05, 4.69) is 31.2 Å². The van der Waals surface area contributed by atoms with Gasteiger partial charge in [0.05, 0.1) is 17.3 Å². The summed E-state index contributed by atoms with van der Waals surface area (Å²) in [7, 11) is 0. The molecule has 1 amide bonds. The first-order valence-corrected chi connectivity index (χ1v) is 5.91. The van der Waals surface area contributed by atoms with E-state index in [1.807, 2.05) is 11.6 Å². The van der Waals surface area contributed by atoms with Crippen LogP contribution in [0.25, 0.3) is 0 Å². The first-order valence-electron chi connectivity index (χ1n) is 5.91. The number of rotatable bonds is 4. The number of nitrogens with zero attached hydrogens (tertiary/aromatic N) is 2. The monoisotopic (exact) mass is 238 g/mol.